The number of hydrogen-bond donors (Lipinski definition) is 1. The molecule has 4 heteroatoms. The summed E-state index contributed by atoms with van der Waals surface area (Å²) >= 11 is 0. The summed E-state index contributed by atoms with van der Waals surface area (Å²) in [6, 6.07) is 3.93. The molecule has 2 N–H and O–H groups in total. The van der Waals surface area contributed by atoms with E-state index in [0.717, 1.165) is 36.5 Å². The van der Waals surface area contributed by atoms with Gasteiger partial charge in [-0.3, -0.25) is 4.98 Å². The van der Waals surface area contributed by atoms with E-state index in [1.54, 1.807) is 6.20 Å². The van der Waals surface area contributed by atoms with Crippen LogP contribution < -0.4 is 5.73 Å². The van der Waals surface area contributed by atoms with E-state index in [9.17, 15) is 0 Å². The van der Waals surface area contributed by atoms with Crippen LogP contribution in [0.5, 0.6) is 0 Å². The molecule has 96 valence electrons. The second-order valence-corrected chi connectivity index (χ2v) is 4.53. The zero-order valence-electron chi connectivity index (χ0n) is 11.0. The van der Waals surface area contributed by atoms with Gasteiger partial charge in [0.05, 0.1) is 0 Å². The predicted octanol–water partition coefficient (Wildman–Crippen LogP) is 2.24. The van der Waals surface area contributed by atoms with Crippen LogP contribution in [0.2, 0.25) is 0 Å². The van der Waals surface area contributed by atoms with Gasteiger partial charge in [0, 0.05) is 43.3 Å². The lowest BCUT2D eigenvalue weighted by atomic mass is 10.0. The molecule has 2 aromatic heterocycles. The molecule has 0 aromatic carbocycles. The second-order valence-electron chi connectivity index (χ2n) is 4.53. The zero-order chi connectivity index (χ0) is 13.0. The van der Waals surface area contributed by atoms with Gasteiger partial charge in [0.2, 0.25) is 0 Å². The highest BCUT2D eigenvalue weighted by Crippen LogP contribution is 2.17. The van der Waals surface area contributed by atoms with E-state index in [0.29, 0.717) is 0 Å². The minimum absolute atomic E-state index is 0.0447. The van der Waals surface area contributed by atoms with Gasteiger partial charge in [-0.1, -0.05) is 13.0 Å². The highest BCUT2D eigenvalue weighted by atomic mass is 15.1. The standard InChI is InChI=1S/C14H20N4/c1-3-8-18-9-7-17-14(18)10-13(15)12-5-4-6-16-11(12)2/h4-7,9,13H,3,8,10,15H2,1-2H3. The maximum atomic E-state index is 6.26. The summed E-state index contributed by atoms with van der Waals surface area (Å²) in [7, 11) is 0. The van der Waals surface area contributed by atoms with E-state index >= 15 is 0 Å². The predicted molar refractivity (Wildman–Crippen MR) is 72.1 cm³/mol. The van der Waals surface area contributed by atoms with Crippen LogP contribution in [0.15, 0.2) is 30.7 Å². The summed E-state index contributed by atoms with van der Waals surface area (Å²) in [5.74, 6) is 1.05. The Morgan fingerprint density at radius 1 is 1.33 bits per heavy atom. The van der Waals surface area contributed by atoms with Crippen molar-refractivity contribution >= 4 is 0 Å². The van der Waals surface area contributed by atoms with Crippen molar-refractivity contribution in [1.29, 1.82) is 0 Å². The lowest BCUT2D eigenvalue weighted by Crippen LogP contribution is -2.18. The number of rotatable bonds is 5. The molecule has 18 heavy (non-hydrogen) atoms. The molecule has 0 saturated carbocycles. The molecule has 0 spiro atoms. The Morgan fingerprint density at radius 3 is 2.89 bits per heavy atom. The van der Waals surface area contributed by atoms with Crippen molar-refractivity contribution in [2.45, 2.75) is 39.3 Å². The maximum Gasteiger partial charge on any atom is 0.110 e. The second kappa shape index (κ2) is 5.78. The van der Waals surface area contributed by atoms with Crippen LogP contribution >= 0.6 is 0 Å². The van der Waals surface area contributed by atoms with Crippen molar-refractivity contribution in [3.8, 4) is 0 Å². The largest absolute Gasteiger partial charge is 0.335 e. The Morgan fingerprint density at radius 2 is 2.17 bits per heavy atom. The molecule has 0 saturated heterocycles. The number of imidazole rings is 1. The number of hydrogen-bond acceptors (Lipinski definition) is 3. The van der Waals surface area contributed by atoms with Crippen LogP contribution in [0.4, 0.5) is 0 Å². The molecule has 0 aliphatic heterocycles. The minimum Gasteiger partial charge on any atom is -0.335 e. The fourth-order valence-electron chi connectivity index (χ4n) is 2.17. The van der Waals surface area contributed by atoms with E-state index in [1.807, 2.05) is 31.5 Å². The quantitative estimate of drug-likeness (QED) is 0.877. The normalized spacial score (nSPS) is 12.6. The van der Waals surface area contributed by atoms with Gasteiger partial charge in [-0.15, -0.1) is 0 Å². The Kier molecular flexibility index (Phi) is 4.10. The van der Waals surface area contributed by atoms with Crippen molar-refractivity contribution in [3.05, 3.63) is 47.8 Å². The van der Waals surface area contributed by atoms with Gasteiger partial charge in [0.1, 0.15) is 5.82 Å². The summed E-state index contributed by atoms with van der Waals surface area (Å²) in [4.78, 5) is 8.67. The fourth-order valence-corrected chi connectivity index (χ4v) is 2.17. The summed E-state index contributed by atoms with van der Waals surface area (Å²) in [5.41, 5.74) is 8.36. The third-order valence-corrected chi connectivity index (χ3v) is 3.12. The van der Waals surface area contributed by atoms with Crippen molar-refractivity contribution in [2.24, 2.45) is 5.73 Å². The third kappa shape index (κ3) is 2.76. The number of nitrogens with zero attached hydrogens (tertiary/aromatic N) is 3. The first-order valence-corrected chi connectivity index (χ1v) is 6.39. The molecule has 0 aliphatic rings. The number of pyridine rings is 1. The van der Waals surface area contributed by atoms with E-state index in [4.69, 9.17) is 5.73 Å². The van der Waals surface area contributed by atoms with Crippen molar-refractivity contribution in [3.63, 3.8) is 0 Å². The summed E-state index contributed by atoms with van der Waals surface area (Å²) in [6.45, 7) is 5.15. The molecule has 2 heterocycles. The summed E-state index contributed by atoms with van der Waals surface area (Å²) < 4.78 is 2.17. The molecule has 0 fully saturated rings. The van der Waals surface area contributed by atoms with Gasteiger partial charge in [0.15, 0.2) is 0 Å². The van der Waals surface area contributed by atoms with Gasteiger partial charge in [-0.05, 0) is 25.0 Å². The average molecular weight is 244 g/mol. The Labute approximate surface area is 108 Å². The Balaban J connectivity index is 2.14. The van der Waals surface area contributed by atoms with E-state index in [2.05, 4.69) is 21.5 Å². The van der Waals surface area contributed by atoms with Gasteiger partial charge < -0.3 is 10.3 Å². The molecule has 1 unspecified atom stereocenters. The molecular weight excluding hydrogens is 224 g/mol. The summed E-state index contributed by atoms with van der Waals surface area (Å²) in [6.07, 6.45) is 7.50. The zero-order valence-corrected chi connectivity index (χ0v) is 11.0. The molecule has 2 aromatic rings. The molecule has 4 nitrogen and oxygen atoms in total. The minimum atomic E-state index is -0.0447. The fraction of sp³-hybridized carbons (Fsp3) is 0.429. The van der Waals surface area contributed by atoms with E-state index in [1.165, 1.54) is 0 Å². The highest BCUT2D eigenvalue weighted by Gasteiger charge is 2.13. The Hall–Kier alpha value is -1.68. The molecule has 0 radical (unpaired) electrons. The van der Waals surface area contributed by atoms with Crippen LogP contribution in [-0.2, 0) is 13.0 Å². The van der Waals surface area contributed by atoms with Crippen LogP contribution in [0, 0.1) is 6.92 Å². The van der Waals surface area contributed by atoms with Crippen LogP contribution in [0.1, 0.15) is 36.5 Å². The first kappa shape index (κ1) is 12.8. The van der Waals surface area contributed by atoms with Crippen LogP contribution in [-0.4, -0.2) is 14.5 Å². The number of nitrogens with two attached hydrogens (primary N) is 1. The van der Waals surface area contributed by atoms with Crippen molar-refractivity contribution < 1.29 is 0 Å². The molecule has 1 atom stereocenters. The topological polar surface area (TPSA) is 56.7 Å². The lowest BCUT2D eigenvalue weighted by molar-refractivity contribution is 0.596. The monoisotopic (exact) mass is 244 g/mol. The van der Waals surface area contributed by atoms with Gasteiger partial charge in [0.25, 0.3) is 0 Å². The summed E-state index contributed by atoms with van der Waals surface area (Å²) in [5, 5.41) is 0. The average Bonchev–Trinajstić information content (AvgIpc) is 2.78. The number of aryl methyl sites for hydroxylation is 2. The van der Waals surface area contributed by atoms with E-state index in [-0.39, 0.29) is 6.04 Å². The van der Waals surface area contributed by atoms with Crippen molar-refractivity contribution in [2.75, 3.05) is 0 Å². The first-order chi connectivity index (χ1) is 8.72. The maximum absolute atomic E-state index is 6.26. The third-order valence-electron chi connectivity index (χ3n) is 3.12. The molecule has 2 rings (SSSR count). The lowest BCUT2D eigenvalue weighted by Gasteiger charge is -2.14. The molecular formula is C14H20N4. The van der Waals surface area contributed by atoms with Crippen LogP contribution in [0.3, 0.4) is 0 Å². The van der Waals surface area contributed by atoms with Gasteiger partial charge in [-0.25, -0.2) is 4.98 Å². The van der Waals surface area contributed by atoms with Crippen LogP contribution in [0.25, 0.3) is 0 Å². The molecule has 0 bridgehead atoms. The van der Waals surface area contributed by atoms with Gasteiger partial charge >= 0.3 is 0 Å². The van der Waals surface area contributed by atoms with E-state index < -0.39 is 0 Å². The molecule has 0 aliphatic carbocycles. The molecule has 0 amide bonds. The SMILES string of the molecule is CCCn1ccnc1CC(N)c1cccnc1C. The first-order valence-electron chi connectivity index (χ1n) is 6.39. The highest BCUT2D eigenvalue weighted by molar-refractivity contribution is 5.23. The Bertz CT molecular complexity index is 504. The smallest absolute Gasteiger partial charge is 0.110 e. The van der Waals surface area contributed by atoms with Gasteiger partial charge in [-0.2, -0.15) is 0 Å². The van der Waals surface area contributed by atoms with Crippen molar-refractivity contribution in [1.82, 2.24) is 14.5 Å². The number of aromatic nitrogens is 3.